The molecule has 0 spiro atoms. The summed E-state index contributed by atoms with van der Waals surface area (Å²) < 4.78 is 31.2. The minimum atomic E-state index is -3.85. The van der Waals surface area contributed by atoms with Gasteiger partial charge >= 0.3 is 5.57 Å². The number of carbonyl (C=O) groups excluding carboxylic acids is 2. The highest BCUT2D eigenvalue weighted by Gasteiger charge is 2.28. The molecule has 13 heteroatoms. The van der Waals surface area contributed by atoms with Crippen LogP contribution in [0.4, 0.5) is 20.3 Å². The molecule has 10 nitrogen and oxygen atoms in total. The minimum Gasteiger partial charge on any atom is -0.420 e. The number of aryl methyl sites for hydroxylation is 1. The number of nitrogens with zero attached hydrogens (tertiary/aromatic N) is 4. The van der Waals surface area contributed by atoms with Gasteiger partial charge in [0, 0.05) is 68.2 Å². The van der Waals surface area contributed by atoms with Crippen LogP contribution in [-0.2, 0) is 11.8 Å². The normalized spacial score (nSPS) is 15.4. The Morgan fingerprint density at radius 2 is 1.92 bits per heavy atom. The molecule has 2 amide bonds. The number of halogens is 3. The summed E-state index contributed by atoms with van der Waals surface area (Å²) in [5.41, 5.74) is -2.81. The van der Waals surface area contributed by atoms with Gasteiger partial charge in [0.25, 0.3) is 11.5 Å². The summed E-state index contributed by atoms with van der Waals surface area (Å²) in [5, 5.41) is 5.55. The lowest BCUT2D eigenvalue weighted by atomic mass is 10.1. The van der Waals surface area contributed by atoms with E-state index in [1.807, 2.05) is 4.90 Å². The molecule has 4 rings (SSSR count). The zero-order valence-electron chi connectivity index (χ0n) is 19.9. The third-order valence-corrected chi connectivity index (χ3v) is 5.70. The van der Waals surface area contributed by atoms with Crippen molar-refractivity contribution in [1.29, 1.82) is 0 Å². The Bertz CT molecular complexity index is 1380. The average Bonchev–Trinajstić information content (AvgIpc) is 3.28. The number of benzene rings is 1. The van der Waals surface area contributed by atoms with Crippen LogP contribution in [0, 0.1) is 0 Å². The fourth-order valence-electron chi connectivity index (χ4n) is 3.93. The van der Waals surface area contributed by atoms with Crippen molar-refractivity contribution in [2.45, 2.75) is 25.0 Å². The molecule has 3 heterocycles. The van der Waals surface area contributed by atoms with Gasteiger partial charge in [0.05, 0.1) is 17.6 Å². The first-order chi connectivity index (χ1) is 17.5. The predicted molar refractivity (Wildman–Crippen MR) is 133 cm³/mol. The van der Waals surface area contributed by atoms with E-state index in [4.69, 9.17) is 11.6 Å². The van der Waals surface area contributed by atoms with Crippen LogP contribution in [0.1, 0.15) is 23.7 Å². The van der Waals surface area contributed by atoms with Crippen molar-refractivity contribution in [2.75, 3.05) is 23.3 Å². The van der Waals surface area contributed by atoms with Crippen molar-refractivity contribution in [3.8, 4) is 17.0 Å². The number of amides is 2. The summed E-state index contributed by atoms with van der Waals surface area (Å²) in [7, 11) is 1.57. The molecule has 2 N–H and O–H groups in total. The van der Waals surface area contributed by atoms with Gasteiger partial charge in [-0.3, -0.25) is 14.4 Å². The number of carbonyl (C=O) groups is 2. The fraction of sp³-hybridized carbons (Fsp3) is 0.292. The topological polar surface area (TPSA) is 118 Å². The summed E-state index contributed by atoms with van der Waals surface area (Å²) in [6.07, 6.45) is 3.49. The summed E-state index contributed by atoms with van der Waals surface area (Å²) >= 11 is 4.77. The average molecular weight is 533 g/mol. The lowest BCUT2D eigenvalue weighted by Gasteiger charge is -2.21. The predicted octanol–water partition coefficient (Wildman–Crippen LogP) is 2.98. The van der Waals surface area contributed by atoms with Crippen LogP contribution in [0.3, 0.4) is 0 Å². The van der Waals surface area contributed by atoms with Crippen LogP contribution in [0.5, 0.6) is 5.75 Å². The quantitative estimate of drug-likeness (QED) is 0.449. The highest BCUT2D eigenvalue weighted by molar-refractivity contribution is 6.20. The maximum absolute atomic E-state index is 13.0. The number of hydrogen-bond acceptors (Lipinski definition) is 7. The van der Waals surface area contributed by atoms with Gasteiger partial charge in [-0.15, -0.1) is 8.78 Å². The second kappa shape index (κ2) is 10.5. The van der Waals surface area contributed by atoms with Crippen LogP contribution in [0.25, 0.3) is 11.3 Å². The zero-order chi connectivity index (χ0) is 26.7. The highest BCUT2D eigenvalue weighted by Crippen LogP contribution is 2.31. The van der Waals surface area contributed by atoms with Crippen molar-refractivity contribution >= 4 is 34.9 Å². The molecule has 0 aliphatic carbocycles. The van der Waals surface area contributed by atoms with E-state index < -0.39 is 11.5 Å². The van der Waals surface area contributed by atoms with Gasteiger partial charge in [-0.25, -0.2) is 9.97 Å². The van der Waals surface area contributed by atoms with E-state index in [1.165, 1.54) is 54.3 Å². The molecule has 1 saturated heterocycles. The van der Waals surface area contributed by atoms with Crippen LogP contribution >= 0.6 is 11.6 Å². The van der Waals surface area contributed by atoms with Crippen LogP contribution in [0.2, 0.25) is 0 Å². The first-order valence-corrected chi connectivity index (χ1v) is 11.6. The number of nitrogens with one attached hydrogen (secondary N) is 2. The Hall–Kier alpha value is -4.06. The van der Waals surface area contributed by atoms with Gasteiger partial charge in [0.2, 0.25) is 5.91 Å². The molecule has 0 saturated carbocycles. The Morgan fingerprint density at radius 1 is 1.19 bits per heavy atom. The van der Waals surface area contributed by atoms with Crippen LogP contribution < -0.4 is 25.8 Å². The molecule has 1 atom stereocenters. The molecule has 0 radical (unpaired) electrons. The summed E-state index contributed by atoms with van der Waals surface area (Å²) in [6.45, 7) is 2.57. The van der Waals surface area contributed by atoms with Gasteiger partial charge in [-0.1, -0.05) is 0 Å². The minimum absolute atomic E-state index is 0.0579. The van der Waals surface area contributed by atoms with Gasteiger partial charge < -0.3 is 24.8 Å². The Morgan fingerprint density at radius 3 is 2.57 bits per heavy atom. The third kappa shape index (κ3) is 6.58. The second-order valence-corrected chi connectivity index (χ2v) is 8.92. The highest BCUT2D eigenvalue weighted by atomic mass is 35.5. The smallest absolute Gasteiger partial charge is 0.420 e. The first-order valence-electron chi connectivity index (χ1n) is 11.2. The third-order valence-electron chi connectivity index (χ3n) is 5.62. The Balaban J connectivity index is 1.61. The van der Waals surface area contributed by atoms with E-state index in [9.17, 15) is 23.2 Å². The van der Waals surface area contributed by atoms with Gasteiger partial charge in [0.1, 0.15) is 11.6 Å². The van der Waals surface area contributed by atoms with Crippen molar-refractivity contribution in [3.63, 3.8) is 0 Å². The Kier molecular flexibility index (Phi) is 7.39. The number of pyridine rings is 1. The number of aromatic nitrogens is 3. The molecule has 1 aliphatic rings. The maximum Gasteiger partial charge on any atom is 0.487 e. The molecule has 37 heavy (non-hydrogen) atoms. The molecule has 2 aromatic heterocycles. The molecule has 1 fully saturated rings. The van der Waals surface area contributed by atoms with Crippen LogP contribution in [-0.4, -0.2) is 51.0 Å². The maximum atomic E-state index is 13.0. The van der Waals surface area contributed by atoms with Crippen molar-refractivity contribution in [2.24, 2.45) is 7.05 Å². The Labute approximate surface area is 215 Å². The summed E-state index contributed by atoms with van der Waals surface area (Å²) in [6, 6.07) is 8.12. The van der Waals surface area contributed by atoms with E-state index >= 15 is 0 Å². The van der Waals surface area contributed by atoms with E-state index in [-0.39, 0.29) is 28.8 Å². The van der Waals surface area contributed by atoms with E-state index in [1.54, 1.807) is 13.1 Å². The summed E-state index contributed by atoms with van der Waals surface area (Å²) in [5.74, 6) is -0.297. The molecular weight excluding hydrogens is 510 g/mol. The van der Waals surface area contributed by atoms with Gasteiger partial charge in [-0.05, 0) is 36.8 Å². The lowest BCUT2D eigenvalue weighted by Crippen LogP contribution is -2.35. The summed E-state index contributed by atoms with van der Waals surface area (Å²) in [4.78, 5) is 47.5. The lowest BCUT2D eigenvalue weighted by molar-refractivity contribution is -0.119. The molecule has 1 aliphatic heterocycles. The first kappa shape index (κ1) is 26.0. The number of rotatable bonds is 7. The number of alkyl halides is 3. The SMILES string of the molecule is CC(=O)N[C@H]1CCN(c2ncc(C(=O)Nc3ccc(OC(F)(F)Cl)cc3)cc2-c2cc(=O)n(C)cn2)C1. The monoisotopic (exact) mass is 532 g/mol. The van der Waals surface area contributed by atoms with Crippen LogP contribution in [0.15, 0.2) is 53.7 Å². The molecule has 3 aromatic rings. The molecular formula is C24H23ClF2N6O4. The number of hydrogen-bond donors (Lipinski definition) is 2. The molecule has 1 aromatic carbocycles. The fourth-order valence-corrected chi connectivity index (χ4v) is 4.02. The van der Waals surface area contributed by atoms with Crippen molar-refractivity contribution in [1.82, 2.24) is 19.9 Å². The van der Waals surface area contributed by atoms with E-state index in [0.29, 0.717) is 42.3 Å². The molecule has 0 bridgehead atoms. The van der Waals surface area contributed by atoms with Crippen molar-refractivity contribution < 1.29 is 23.1 Å². The van der Waals surface area contributed by atoms with Gasteiger partial charge in [0.15, 0.2) is 0 Å². The largest absolute Gasteiger partial charge is 0.487 e. The number of ether oxygens (including phenoxy) is 1. The number of anilines is 2. The van der Waals surface area contributed by atoms with Gasteiger partial charge in [-0.2, -0.15) is 0 Å². The molecule has 194 valence electrons. The molecule has 0 unspecified atom stereocenters. The van der Waals surface area contributed by atoms with E-state index in [2.05, 4.69) is 25.3 Å². The van der Waals surface area contributed by atoms with Crippen molar-refractivity contribution in [3.05, 3.63) is 64.8 Å². The van der Waals surface area contributed by atoms with E-state index in [0.717, 1.165) is 0 Å². The second-order valence-electron chi connectivity index (χ2n) is 8.48. The standard InChI is InChI=1S/C24H23ClF2N6O4/c1-14(34)30-17-7-8-33(12-17)22-19(20-10-21(35)32(2)13-29-20)9-15(11-28-22)23(36)31-16-3-5-18(6-4-16)37-24(25,26)27/h3-6,9-11,13,17H,7-8,12H2,1-2H3,(H,30,34)(H,31,36)/t17-/m0/s1. The zero-order valence-corrected chi connectivity index (χ0v) is 20.6.